The molecule has 1 aliphatic heterocycles. The summed E-state index contributed by atoms with van der Waals surface area (Å²) in [5.74, 6) is 0.141. The highest BCUT2D eigenvalue weighted by molar-refractivity contribution is 6.31. The summed E-state index contributed by atoms with van der Waals surface area (Å²) in [5, 5.41) is 10.9. The van der Waals surface area contributed by atoms with Gasteiger partial charge in [-0.25, -0.2) is 0 Å². The molecule has 2 fully saturated rings. The summed E-state index contributed by atoms with van der Waals surface area (Å²) in [6.07, 6.45) is 2.47. The molecule has 5 heteroatoms. The first-order valence-electron chi connectivity index (χ1n) is 8.32. The predicted octanol–water partition coefficient (Wildman–Crippen LogP) is 2.96. The Morgan fingerprint density at radius 3 is 2.78 bits per heavy atom. The number of morpholine rings is 1. The number of carbonyl (C=O) groups excluding carboxylic acids is 1. The van der Waals surface area contributed by atoms with E-state index in [9.17, 15) is 9.90 Å². The summed E-state index contributed by atoms with van der Waals surface area (Å²) in [6.45, 7) is 5.47. The fraction of sp³-hybridized carbons (Fsp3) is 0.611. The van der Waals surface area contributed by atoms with Crippen molar-refractivity contribution in [2.45, 2.75) is 45.3 Å². The van der Waals surface area contributed by atoms with Crippen LogP contribution in [0.25, 0.3) is 0 Å². The Labute approximate surface area is 142 Å². The Kier molecular flexibility index (Phi) is 4.95. The lowest BCUT2D eigenvalue weighted by Gasteiger charge is -2.40. The van der Waals surface area contributed by atoms with E-state index in [-0.39, 0.29) is 24.0 Å². The molecule has 1 N–H and O–H groups in total. The van der Waals surface area contributed by atoms with E-state index < -0.39 is 0 Å². The molecule has 0 spiro atoms. The van der Waals surface area contributed by atoms with Crippen molar-refractivity contribution >= 4 is 17.5 Å². The van der Waals surface area contributed by atoms with Crippen LogP contribution in [0.15, 0.2) is 12.1 Å². The van der Waals surface area contributed by atoms with Crippen molar-refractivity contribution in [1.82, 2.24) is 4.90 Å². The van der Waals surface area contributed by atoms with E-state index in [1.54, 1.807) is 0 Å². The van der Waals surface area contributed by atoms with Crippen molar-refractivity contribution < 1.29 is 14.6 Å². The second-order valence-corrected chi connectivity index (χ2v) is 7.13. The number of carbonyl (C=O) groups is 1. The molecule has 126 valence electrons. The second-order valence-electron chi connectivity index (χ2n) is 6.72. The maximum Gasteiger partial charge on any atom is 0.254 e. The summed E-state index contributed by atoms with van der Waals surface area (Å²) in [7, 11) is 0. The molecule has 2 aliphatic rings. The van der Waals surface area contributed by atoms with E-state index in [1.165, 1.54) is 0 Å². The molecule has 1 saturated carbocycles. The standard InChI is InChI=1S/C18H24ClNO3/c1-11-9-15(19)12(2)8-14(11)18(22)20-6-7-23-10-16(20)13-4-3-5-17(13)21/h8-9,13,16-17,21H,3-7,10H2,1-2H3/t13-,16-,17-/m1/s1. The number of hydrogen-bond acceptors (Lipinski definition) is 3. The first-order chi connectivity index (χ1) is 11.0. The largest absolute Gasteiger partial charge is 0.393 e. The molecule has 0 radical (unpaired) electrons. The first-order valence-corrected chi connectivity index (χ1v) is 8.70. The van der Waals surface area contributed by atoms with Gasteiger partial charge >= 0.3 is 0 Å². The number of ether oxygens (including phenoxy) is 1. The van der Waals surface area contributed by atoms with Crippen molar-refractivity contribution in [2.75, 3.05) is 19.8 Å². The number of hydrogen-bond donors (Lipinski definition) is 1. The van der Waals surface area contributed by atoms with E-state index >= 15 is 0 Å². The molecule has 0 bridgehead atoms. The molecule has 1 heterocycles. The molecule has 1 saturated heterocycles. The molecule has 4 nitrogen and oxygen atoms in total. The van der Waals surface area contributed by atoms with Gasteiger partial charge in [-0.15, -0.1) is 0 Å². The highest BCUT2D eigenvalue weighted by Gasteiger charge is 2.39. The SMILES string of the molecule is Cc1cc(C(=O)N2CCOC[C@@H]2[C@H]2CCC[C@H]2O)c(C)cc1Cl. The number of benzene rings is 1. The minimum atomic E-state index is -0.329. The molecule has 1 aromatic rings. The molecule has 1 aromatic carbocycles. The second kappa shape index (κ2) is 6.80. The van der Waals surface area contributed by atoms with Gasteiger partial charge in [-0.3, -0.25) is 4.79 Å². The van der Waals surface area contributed by atoms with Gasteiger partial charge < -0.3 is 14.7 Å². The third-order valence-corrected chi connectivity index (χ3v) is 5.60. The van der Waals surface area contributed by atoms with E-state index in [0.29, 0.717) is 30.3 Å². The van der Waals surface area contributed by atoms with Crippen LogP contribution in [0, 0.1) is 19.8 Å². The van der Waals surface area contributed by atoms with Crippen LogP contribution in [0.4, 0.5) is 0 Å². The fourth-order valence-electron chi connectivity index (χ4n) is 3.81. The Hall–Kier alpha value is -1.10. The molecule has 0 unspecified atom stereocenters. The van der Waals surface area contributed by atoms with E-state index in [1.807, 2.05) is 30.9 Å². The monoisotopic (exact) mass is 337 g/mol. The lowest BCUT2D eigenvalue weighted by Crippen LogP contribution is -2.53. The van der Waals surface area contributed by atoms with Crippen molar-refractivity contribution in [3.8, 4) is 0 Å². The van der Waals surface area contributed by atoms with E-state index in [2.05, 4.69) is 0 Å². The molecule has 1 amide bonds. The maximum absolute atomic E-state index is 13.1. The van der Waals surface area contributed by atoms with Crippen molar-refractivity contribution in [1.29, 1.82) is 0 Å². The average Bonchev–Trinajstić information content (AvgIpc) is 2.96. The van der Waals surface area contributed by atoms with Crippen molar-refractivity contribution in [3.63, 3.8) is 0 Å². The van der Waals surface area contributed by atoms with Crippen LogP contribution < -0.4 is 0 Å². The molecular formula is C18H24ClNO3. The number of aliphatic hydroxyl groups is 1. The molecule has 23 heavy (non-hydrogen) atoms. The highest BCUT2D eigenvalue weighted by atomic mass is 35.5. The predicted molar refractivity (Wildman–Crippen MR) is 89.9 cm³/mol. The zero-order valence-corrected chi connectivity index (χ0v) is 14.5. The zero-order valence-electron chi connectivity index (χ0n) is 13.7. The summed E-state index contributed by atoms with van der Waals surface area (Å²) in [4.78, 5) is 15.0. The van der Waals surface area contributed by atoms with Gasteiger partial charge in [0.1, 0.15) is 0 Å². The van der Waals surface area contributed by atoms with Gasteiger partial charge in [0.25, 0.3) is 5.91 Å². The van der Waals surface area contributed by atoms with Crippen molar-refractivity contribution in [2.24, 2.45) is 5.92 Å². The van der Waals surface area contributed by atoms with Gasteiger partial charge in [0.05, 0.1) is 25.4 Å². The van der Waals surface area contributed by atoms with Crippen LogP contribution in [0.1, 0.15) is 40.7 Å². The Morgan fingerprint density at radius 1 is 1.30 bits per heavy atom. The maximum atomic E-state index is 13.1. The van der Waals surface area contributed by atoms with Crippen molar-refractivity contribution in [3.05, 3.63) is 33.8 Å². The Morgan fingerprint density at radius 2 is 2.09 bits per heavy atom. The summed E-state index contributed by atoms with van der Waals surface area (Å²) >= 11 is 6.15. The lowest BCUT2D eigenvalue weighted by atomic mass is 9.93. The highest BCUT2D eigenvalue weighted by Crippen LogP contribution is 2.33. The van der Waals surface area contributed by atoms with Crippen LogP contribution in [0.5, 0.6) is 0 Å². The van der Waals surface area contributed by atoms with Gasteiger partial charge in [0.15, 0.2) is 0 Å². The number of aliphatic hydroxyl groups excluding tert-OH is 1. The smallest absolute Gasteiger partial charge is 0.254 e. The summed E-state index contributed by atoms with van der Waals surface area (Å²) in [6, 6.07) is 3.69. The third kappa shape index (κ3) is 3.25. The Balaban J connectivity index is 1.88. The lowest BCUT2D eigenvalue weighted by molar-refractivity contribution is -0.0383. The van der Waals surface area contributed by atoms with Gasteiger partial charge in [-0.1, -0.05) is 18.0 Å². The van der Waals surface area contributed by atoms with Gasteiger partial charge in [-0.05, 0) is 49.9 Å². The number of amides is 1. The molecule has 3 rings (SSSR count). The van der Waals surface area contributed by atoms with Crippen LogP contribution in [-0.2, 0) is 4.74 Å². The minimum Gasteiger partial charge on any atom is -0.393 e. The molecule has 1 aliphatic carbocycles. The molecule has 0 aromatic heterocycles. The summed E-state index contributed by atoms with van der Waals surface area (Å²) in [5.41, 5.74) is 2.50. The first kappa shape index (κ1) is 16.7. The quantitative estimate of drug-likeness (QED) is 0.902. The number of aryl methyl sites for hydroxylation is 2. The van der Waals surface area contributed by atoms with Crippen LogP contribution in [0.3, 0.4) is 0 Å². The van der Waals surface area contributed by atoms with Crippen LogP contribution in [-0.4, -0.2) is 47.8 Å². The minimum absolute atomic E-state index is 0.0228. The topological polar surface area (TPSA) is 49.8 Å². The summed E-state index contributed by atoms with van der Waals surface area (Å²) < 4.78 is 5.61. The van der Waals surface area contributed by atoms with E-state index in [0.717, 1.165) is 30.4 Å². The number of rotatable bonds is 2. The molecule has 3 atom stereocenters. The average molecular weight is 338 g/mol. The van der Waals surface area contributed by atoms with Gasteiger partial charge in [-0.2, -0.15) is 0 Å². The van der Waals surface area contributed by atoms with Crippen LogP contribution >= 0.6 is 11.6 Å². The van der Waals surface area contributed by atoms with Crippen LogP contribution in [0.2, 0.25) is 5.02 Å². The Bertz CT molecular complexity index is 604. The number of nitrogens with zero attached hydrogens (tertiary/aromatic N) is 1. The normalized spacial score (nSPS) is 28.2. The third-order valence-electron chi connectivity index (χ3n) is 5.19. The number of halogens is 1. The molecular weight excluding hydrogens is 314 g/mol. The van der Waals surface area contributed by atoms with E-state index in [4.69, 9.17) is 16.3 Å². The van der Waals surface area contributed by atoms with Gasteiger partial charge in [0.2, 0.25) is 0 Å². The fourth-order valence-corrected chi connectivity index (χ4v) is 4.03. The zero-order chi connectivity index (χ0) is 16.6. The van der Waals surface area contributed by atoms with Gasteiger partial charge in [0, 0.05) is 23.0 Å².